The third-order valence-corrected chi connectivity index (χ3v) is 7.26. The number of hydrogen-bond acceptors (Lipinski definition) is 6. The van der Waals surface area contributed by atoms with Crippen molar-refractivity contribution in [2.75, 3.05) is 29.5 Å². The predicted octanol–water partition coefficient (Wildman–Crippen LogP) is 3.11. The number of aryl methyl sites for hydroxylation is 1. The molecule has 0 bridgehead atoms. The number of carbonyl (C=O) groups is 2. The lowest BCUT2D eigenvalue weighted by Gasteiger charge is -2.29. The molecule has 0 saturated carbocycles. The number of carbonyl (C=O) groups excluding carboxylic acids is 2. The summed E-state index contributed by atoms with van der Waals surface area (Å²) in [6, 6.07) is 5.52. The molecule has 1 aromatic heterocycles. The van der Waals surface area contributed by atoms with Crippen molar-refractivity contribution >= 4 is 23.2 Å². The van der Waals surface area contributed by atoms with Crippen LogP contribution in [0.3, 0.4) is 0 Å². The highest BCUT2D eigenvalue weighted by Gasteiger charge is 2.52. The zero-order valence-corrected chi connectivity index (χ0v) is 21.6. The second-order valence-corrected chi connectivity index (χ2v) is 9.83. The highest BCUT2D eigenvalue weighted by molar-refractivity contribution is 6.08. The second kappa shape index (κ2) is 11.8. The monoisotopic (exact) mass is 507 g/mol. The van der Waals surface area contributed by atoms with Crippen molar-refractivity contribution in [1.82, 2.24) is 15.0 Å². The van der Waals surface area contributed by atoms with Crippen LogP contribution in [0.15, 0.2) is 49.2 Å². The van der Waals surface area contributed by atoms with Gasteiger partial charge < -0.3 is 20.0 Å². The largest absolute Gasteiger partial charge is 0.396 e. The van der Waals surface area contributed by atoms with Gasteiger partial charge in [-0.15, -0.1) is 11.7 Å². The van der Waals surface area contributed by atoms with Crippen molar-refractivity contribution in [3.05, 3.63) is 60.5 Å². The lowest BCUT2D eigenvalue weighted by molar-refractivity contribution is -0.139. The Morgan fingerprint density at radius 1 is 1.22 bits per heavy atom. The first-order valence-electron chi connectivity index (χ1n) is 13.2. The number of benzene rings is 1. The van der Waals surface area contributed by atoms with E-state index in [4.69, 9.17) is 5.11 Å². The van der Waals surface area contributed by atoms with Crippen LogP contribution in [-0.4, -0.2) is 56.7 Å². The molecule has 37 heavy (non-hydrogen) atoms. The summed E-state index contributed by atoms with van der Waals surface area (Å²) in [7, 11) is 0. The molecule has 2 aliphatic rings. The van der Waals surface area contributed by atoms with Crippen LogP contribution in [0, 0.1) is 5.92 Å². The van der Waals surface area contributed by atoms with Gasteiger partial charge in [0.1, 0.15) is 0 Å². The zero-order chi connectivity index (χ0) is 26.4. The Labute approximate surface area is 218 Å². The van der Waals surface area contributed by atoms with Crippen LogP contribution in [-0.2, 0) is 28.2 Å². The molecule has 9 heteroatoms. The molecule has 0 radical (unpaired) electrons. The summed E-state index contributed by atoms with van der Waals surface area (Å²) in [4.78, 5) is 29.8. The first kappa shape index (κ1) is 26.8. The van der Waals surface area contributed by atoms with E-state index in [1.54, 1.807) is 26.8 Å². The second-order valence-electron chi connectivity index (χ2n) is 9.83. The number of aliphatic hydroxyl groups is 2. The number of anilines is 2. The number of aliphatic hydroxyl groups excluding tert-OH is 1. The fourth-order valence-electron chi connectivity index (χ4n) is 5.17. The van der Waals surface area contributed by atoms with Gasteiger partial charge in [0.25, 0.3) is 5.91 Å². The first-order chi connectivity index (χ1) is 17.9. The van der Waals surface area contributed by atoms with Crippen molar-refractivity contribution in [3.8, 4) is 0 Å². The Bertz CT molecular complexity index is 1160. The van der Waals surface area contributed by atoms with Gasteiger partial charge >= 0.3 is 0 Å². The van der Waals surface area contributed by atoms with Crippen molar-refractivity contribution in [3.63, 3.8) is 0 Å². The minimum Gasteiger partial charge on any atom is -0.396 e. The first-order valence-corrected chi connectivity index (χ1v) is 13.2. The van der Waals surface area contributed by atoms with Crippen LogP contribution in [0.5, 0.6) is 0 Å². The molecular weight excluding hydrogens is 470 g/mol. The number of hydrogen-bond donors (Lipinski definition) is 2. The van der Waals surface area contributed by atoms with Crippen LogP contribution in [0.4, 0.5) is 11.4 Å². The van der Waals surface area contributed by atoms with Gasteiger partial charge in [0.05, 0.1) is 11.4 Å². The number of aromatic nitrogens is 3. The summed E-state index contributed by atoms with van der Waals surface area (Å²) in [6.45, 7) is 7.15. The molecule has 1 saturated heterocycles. The Kier molecular flexibility index (Phi) is 8.56. The van der Waals surface area contributed by atoms with Crippen molar-refractivity contribution in [1.29, 1.82) is 0 Å². The van der Waals surface area contributed by atoms with Gasteiger partial charge in [-0.2, -0.15) is 0 Å². The van der Waals surface area contributed by atoms with Crippen LogP contribution >= 0.6 is 0 Å². The third-order valence-electron chi connectivity index (χ3n) is 7.26. The van der Waals surface area contributed by atoms with Gasteiger partial charge in [0.15, 0.2) is 5.60 Å². The third kappa shape index (κ3) is 5.52. The van der Waals surface area contributed by atoms with Crippen LogP contribution in [0.25, 0.3) is 0 Å². The molecule has 9 nitrogen and oxygen atoms in total. The lowest BCUT2D eigenvalue weighted by Crippen LogP contribution is -2.44. The topological polar surface area (TPSA) is 112 Å². The lowest BCUT2D eigenvalue weighted by atomic mass is 9.82. The van der Waals surface area contributed by atoms with Crippen LogP contribution in [0.1, 0.15) is 56.7 Å². The average molecular weight is 508 g/mol. The summed E-state index contributed by atoms with van der Waals surface area (Å²) in [5, 5.41) is 29.0. The van der Waals surface area contributed by atoms with E-state index >= 15 is 0 Å². The van der Waals surface area contributed by atoms with Gasteiger partial charge in [-0.1, -0.05) is 43.2 Å². The summed E-state index contributed by atoms with van der Waals surface area (Å²) < 4.78 is 1.71. The molecule has 3 heterocycles. The predicted molar refractivity (Wildman–Crippen MR) is 142 cm³/mol. The maximum atomic E-state index is 13.6. The highest BCUT2D eigenvalue weighted by Crippen LogP contribution is 2.46. The molecule has 0 unspecified atom stereocenters. The molecule has 2 amide bonds. The maximum Gasteiger partial charge on any atom is 0.264 e. The van der Waals surface area contributed by atoms with Gasteiger partial charge in [0.2, 0.25) is 5.91 Å². The normalized spacial score (nSPS) is 21.3. The highest BCUT2D eigenvalue weighted by atomic mass is 16.3. The molecule has 198 valence electrons. The van der Waals surface area contributed by atoms with Gasteiger partial charge in [-0.3, -0.25) is 14.3 Å². The standard InChI is InChI=1S/C28H37N5O4/c1-3-15-33-25-13-12-23(32-17-8-5-4-6-11-26(32)35)19-24(25)28(37,27(33)36)21(2)10-7-9-16-31-20-22(14-18-34)29-30-31/h3,7,10,12-13,19-21,34,37H,1,4-6,8-9,11,14-18H2,2H3/b10-7+/t21-,28+/m1/s1. The van der Waals surface area contributed by atoms with E-state index in [0.29, 0.717) is 43.6 Å². The number of rotatable bonds is 10. The van der Waals surface area contributed by atoms with E-state index in [1.807, 2.05) is 37.3 Å². The molecule has 2 aromatic rings. The van der Waals surface area contributed by atoms with Gasteiger partial charge in [0, 0.05) is 62.4 Å². The van der Waals surface area contributed by atoms with Crippen molar-refractivity contribution in [2.24, 2.45) is 5.92 Å². The minimum absolute atomic E-state index is 0.0285. The molecular formula is C28H37N5O4. The Balaban J connectivity index is 1.57. The van der Waals surface area contributed by atoms with E-state index in [-0.39, 0.29) is 25.0 Å². The SMILES string of the molecule is C=CCN1C(=O)[C@](O)([C@H](C)/C=C/CCn2cc(CCO)nn2)c2cc(N3CCCCCCC3=O)ccc21. The average Bonchev–Trinajstić information content (AvgIpc) is 3.41. The minimum atomic E-state index is -1.75. The fourth-order valence-corrected chi connectivity index (χ4v) is 5.17. The van der Waals surface area contributed by atoms with Crippen LogP contribution < -0.4 is 9.80 Å². The van der Waals surface area contributed by atoms with Crippen molar-refractivity contribution in [2.45, 2.75) is 64.0 Å². The molecule has 4 rings (SSSR count). The summed E-state index contributed by atoms with van der Waals surface area (Å²) in [5.41, 5.74) is 0.874. The van der Waals surface area contributed by atoms with E-state index < -0.39 is 11.5 Å². The summed E-state index contributed by atoms with van der Waals surface area (Å²) in [5.74, 6) is -0.813. The maximum absolute atomic E-state index is 13.6. The van der Waals surface area contributed by atoms with Crippen LogP contribution in [0.2, 0.25) is 0 Å². The van der Waals surface area contributed by atoms with Gasteiger partial charge in [-0.05, 0) is 37.5 Å². The molecule has 2 aliphatic heterocycles. The number of nitrogens with zero attached hydrogens (tertiary/aromatic N) is 5. The van der Waals surface area contributed by atoms with E-state index in [0.717, 1.165) is 37.1 Å². The van der Waals surface area contributed by atoms with E-state index in [9.17, 15) is 14.7 Å². The molecule has 2 atom stereocenters. The van der Waals surface area contributed by atoms with E-state index in [2.05, 4.69) is 16.9 Å². The Hall–Kier alpha value is -3.30. The number of allylic oxidation sites excluding steroid dienone is 1. The fraction of sp³-hybridized carbons (Fsp3) is 0.500. The smallest absolute Gasteiger partial charge is 0.264 e. The number of fused-ring (bicyclic) bond motifs is 1. The quantitative estimate of drug-likeness (QED) is 0.478. The molecule has 1 aromatic carbocycles. The molecule has 2 N–H and O–H groups in total. The Morgan fingerprint density at radius 3 is 2.81 bits per heavy atom. The van der Waals surface area contributed by atoms with Gasteiger partial charge in [-0.25, -0.2) is 0 Å². The van der Waals surface area contributed by atoms with E-state index in [1.165, 1.54) is 0 Å². The van der Waals surface area contributed by atoms with Crippen molar-refractivity contribution < 1.29 is 19.8 Å². The molecule has 0 aliphatic carbocycles. The molecule has 1 fully saturated rings. The number of amides is 2. The zero-order valence-electron chi connectivity index (χ0n) is 21.6. The summed E-state index contributed by atoms with van der Waals surface area (Å²) >= 11 is 0. The summed E-state index contributed by atoms with van der Waals surface area (Å²) in [6.07, 6.45) is 12.8. The molecule has 0 spiro atoms. The Morgan fingerprint density at radius 2 is 2.03 bits per heavy atom.